The largest absolute Gasteiger partial charge is 0.319 e. The van der Waals surface area contributed by atoms with E-state index in [1.807, 2.05) is 6.07 Å². The summed E-state index contributed by atoms with van der Waals surface area (Å²) in [7, 11) is 0. The van der Waals surface area contributed by atoms with Crippen molar-refractivity contribution >= 4 is 11.6 Å². The molecule has 1 fully saturated rings. The second kappa shape index (κ2) is 5.60. The number of anilines is 1. The van der Waals surface area contributed by atoms with Gasteiger partial charge >= 0.3 is 0 Å². The minimum absolute atomic E-state index is 0.213. The van der Waals surface area contributed by atoms with Gasteiger partial charge in [-0.25, -0.2) is 19.6 Å². The summed E-state index contributed by atoms with van der Waals surface area (Å²) >= 11 is 0. The van der Waals surface area contributed by atoms with E-state index in [2.05, 4.69) is 25.4 Å². The molecule has 23 heavy (non-hydrogen) atoms. The van der Waals surface area contributed by atoms with Gasteiger partial charge in [-0.3, -0.25) is 4.79 Å². The first kappa shape index (κ1) is 13.6. The first-order valence-electron chi connectivity index (χ1n) is 7.38. The molecule has 0 bridgehead atoms. The Hall–Kier alpha value is -3.09. The van der Waals surface area contributed by atoms with Gasteiger partial charge in [0, 0.05) is 11.5 Å². The minimum atomic E-state index is -0.213. The van der Waals surface area contributed by atoms with Crippen LogP contribution in [0.25, 0.3) is 5.69 Å². The zero-order valence-electron chi connectivity index (χ0n) is 12.3. The summed E-state index contributed by atoms with van der Waals surface area (Å²) < 4.78 is 1.60. The molecule has 2 heterocycles. The van der Waals surface area contributed by atoms with E-state index in [0.717, 1.165) is 24.4 Å². The molecule has 1 aliphatic carbocycles. The van der Waals surface area contributed by atoms with Crippen LogP contribution in [0.5, 0.6) is 0 Å². The normalized spacial score (nSPS) is 13.7. The molecule has 1 N–H and O–H groups in total. The molecule has 0 aliphatic heterocycles. The lowest BCUT2D eigenvalue weighted by atomic mass is 10.2. The van der Waals surface area contributed by atoms with Gasteiger partial charge in [0.15, 0.2) is 0 Å². The molecule has 0 unspecified atom stereocenters. The number of amides is 1. The zero-order chi connectivity index (χ0) is 15.6. The van der Waals surface area contributed by atoms with E-state index in [1.54, 1.807) is 41.6 Å². The molecule has 114 valence electrons. The molecule has 4 rings (SSSR count). The van der Waals surface area contributed by atoms with Crippen LogP contribution in [-0.4, -0.2) is 30.6 Å². The summed E-state index contributed by atoms with van der Waals surface area (Å²) in [5.41, 5.74) is 1.89. The van der Waals surface area contributed by atoms with E-state index >= 15 is 0 Å². The second-order valence-corrected chi connectivity index (χ2v) is 5.45. The van der Waals surface area contributed by atoms with Gasteiger partial charge in [-0.2, -0.15) is 5.10 Å². The van der Waals surface area contributed by atoms with Gasteiger partial charge < -0.3 is 5.32 Å². The molecule has 7 heteroatoms. The maximum absolute atomic E-state index is 12.4. The summed E-state index contributed by atoms with van der Waals surface area (Å²) in [5.74, 6) is 1.14. The van der Waals surface area contributed by atoms with E-state index in [0.29, 0.717) is 17.2 Å². The van der Waals surface area contributed by atoms with Crippen LogP contribution in [0.15, 0.2) is 49.3 Å². The Balaban J connectivity index is 1.51. The van der Waals surface area contributed by atoms with Gasteiger partial charge in [0.2, 0.25) is 0 Å². The standard InChI is InChI=1S/C16H14N6O/c23-16(21-13-7-18-15(19-8-13)11-4-5-11)12-2-1-3-14(6-12)22-10-17-9-20-22/h1-3,6-11H,4-5H2,(H,21,23). The van der Waals surface area contributed by atoms with Gasteiger partial charge in [0.25, 0.3) is 5.91 Å². The molecule has 0 atom stereocenters. The molecule has 0 saturated heterocycles. The molecule has 3 aromatic rings. The molecular formula is C16H14N6O. The second-order valence-electron chi connectivity index (χ2n) is 5.45. The first-order chi connectivity index (χ1) is 11.3. The molecule has 2 aromatic heterocycles. The van der Waals surface area contributed by atoms with Crippen LogP contribution < -0.4 is 5.32 Å². The van der Waals surface area contributed by atoms with Crippen LogP contribution in [0.3, 0.4) is 0 Å². The van der Waals surface area contributed by atoms with Gasteiger partial charge in [-0.05, 0) is 31.0 Å². The number of carbonyl (C=O) groups excluding carboxylic acids is 1. The fourth-order valence-corrected chi connectivity index (χ4v) is 2.29. The maximum Gasteiger partial charge on any atom is 0.255 e. The van der Waals surface area contributed by atoms with E-state index in [4.69, 9.17) is 0 Å². The highest BCUT2D eigenvalue weighted by Gasteiger charge is 2.26. The smallest absolute Gasteiger partial charge is 0.255 e. The molecule has 0 radical (unpaired) electrons. The van der Waals surface area contributed by atoms with E-state index in [9.17, 15) is 4.79 Å². The molecule has 1 amide bonds. The van der Waals surface area contributed by atoms with Crippen LogP contribution in [0.1, 0.15) is 34.9 Å². The molecule has 7 nitrogen and oxygen atoms in total. The summed E-state index contributed by atoms with van der Waals surface area (Å²) in [6, 6.07) is 7.16. The first-order valence-corrected chi connectivity index (χ1v) is 7.38. The van der Waals surface area contributed by atoms with Crippen molar-refractivity contribution in [3.05, 3.63) is 60.7 Å². The van der Waals surface area contributed by atoms with Crippen LogP contribution in [0.4, 0.5) is 5.69 Å². The highest BCUT2D eigenvalue weighted by atomic mass is 16.1. The zero-order valence-corrected chi connectivity index (χ0v) is 12.3. The Morgan fingerprint density at radius 3 is 2.74 bits per heavy atom. The number of hydrogen-bond acceptors (Lipinski definition) is 5. The molecule has 1 aliphatic rings. The lowest BCUT2D eigenvalue weighted by molar-refractivity contribution is 0.102. The Morgan fingerprint density at radius 2 is 2.04 bits per heavy atom. The van der Waals surface area contributed by atoms with Crippen molar-refractivity contribution < 1.29 is 4.79 Å². The van der Waals surface area contributed by atoms with Crippen molar-refractivity contribution in [2.45, 2.75) is 18.8 Å². The lowest BCUT2D eigenvalue weighted by Crippen LogP contribution is -2.13. The fraction of sp³-hybridized carbons (Fsp3) is 0.188. The Bertz CT molecular complexity index is 824. The van der Waals surface area contributed by atoms with Crippen LogP contribution in [0, 0.1) is 0 Å². The molecule has 0 spiro atoms. The van der Waals surface area contributed by atoms with Crippen LogP contribution >= 0.6 is 0 Å². The Kier molecular flexibility index (Phi) is 3.30. The number of nitrogens with one attached hydrogen (secondary N) is 1. The topological polar surface area (TPSA) is 85.6 Å². The summed E-state index contributed by atoms with van der Waals surface area (Å²) in [6.45, 7) is 0. The summed E-state index contributed by atoms with van der Waals surface area (Å²) in [5, 5.41) is 6.86. The third-order valence-corrected chi connectivity index (χ3v) is 3.66. The predicted molar refractivity (Wildman–Crippen MR) is 83.3 cm³/mol. The summed E-state index contributed by atoms with van der Waals surface area (Å²) in [6.07, 6.45) is 8.65. The van der Waals surface area contributed by atoms with Gasteiger partial charge in [-0.15, -0.1) is 0 Å². The lowest BCUT2D eigenvalue weighted by Gasteiger charge is -2.07. The van der Waals surface area contributed by atoms with Crippen LogP contribution in [0.2, 0.25) is 0 Å². The van der Waals surface area contributed by atoms with Gasteiger partial charge in [0.05, 0.1) is 23.8 Å². The average Bonchev–Trinajstić information content (AvgIpc) is 3.29. The predicted octanol–water partition coefficient (Wildman–Crippen LogP) is 2.19. The SMILES string of the molecule is O=C(Nc1cnc(C2CC2)nc1)c1cccc(-n2cncn2)c1. The third-order valence-electron chi connectivity index (χ3n) is 3.66. The monoisotopic (exact) mass is 306 g/mol. The van der Waals surface area contributed by atoms with Crippen molar-refractivity contribution in [1.29, 1.82) is 0 Å². The number of benzene rings is 1. The van der Waals surface area contributed by atoms with E-state index < -0.39 is 0 Å². The van der Waals surface area contributed by atoms with Crippen molar-refractivity contribution in [3.63, 3.8) is 0 Å². The Morgan fingerprint density at radius 1 is 1.22 bits per heavy atom. The average molecular weight is 306 g/mol. The minimum Gasteiger partial charge on any atom is -0.319 e. The highest BCUT2D eigenvalue weighted by Crippen LogP contribution is 2.37. The van der Waals surface area contributed by atoms with Crippen molar-refractivity contribution in [3.8, 4) is 5.69 Å². The van der Waals surface area contributed by atoms with Gasteiger partial charge in [0.1, 0.15) is 18.5 Å². The maximum atomic E-state index is 12.4. The fourth-order valence-electron chi connectivity index (χ4n) is 2.29. The molecule has 1 aromatic carbocycles. The van der Waals surface area contributed by atoms with Crippen LogP contribution in [-0.2, 0) is 0 Å². The van der Waals surface area contributed by atoms with Crippen molar-refractivity contribution in [2.75, 3.05) is 5.32 Å². The van der Waals surface area contributed by atoms with E-state index in [-0.39, 0.29) is 5.91 Å². The van der Waals surface area contributed by atoms with E-state index in [1.165, 1.54) is 6.33 Å². The number of rotatable bonds is 4. The number of aromatic nitrogens is 5. The third kappa shape index (κ3) is 2.94. The Labute approximate surface area is 132 Å². The number of hydrogen-bond donors (Lipinski definition) is 1. The number of nitrogens with zero attached hydrogens (tertiary/aromatic N) is 5. The molecule has 1 saturated carbocycles. The number of carbonyl (C=O) groups is 1. The summed E-state index contributed by atoms with van der Waals surface area (Å²) in [4.78, 5) is 24.9. The van der Waals surface area contributed by atoms with Crippen molar-refractivity contribution in [2.24, 2.45) is 0 Å². The quantitative estimate of drug-likeness (QED) is 0.798. The highest BCUT2D eigenvalue weighted by molar-refractivity contribution is 6.04. The van der Waals surface area contributed by atoms with Gasteiger partial charge in [-0.1, -0.05) is 6.07 Å². The van der Waals surface area contributed by atoms with Crippen molar-refractivity contribution in [1.82, 2.24) is 24.7 Å². The molecular weight excluding hydrogens is 292 g/mol.